The third-order valence-corrected chi connectivity index (χ3v) is 7.04. The van der Waals surface area contributed by atoms with Gasteiger partial charge >= 0.3 is 0 Å². The Morgan fingerprint density at radius 2 is 1.51 bits per heavy atom. The van der Waals surface area contributed by atoms with Crippen LogP contribution >= 0.6 is 0 Å². The second-order valence-corrected chi connectivity index (χ2v) is 9.95. The standard InChI is InChI=1S/C31H42FN3O2/c1-4-6-8-9-10-11-12-18-29(36)34(23-15-7-5-2)24(3)30-33-28-17-14-13-16-27(28)31(37)35(30)26-21-19-25(32)20-22-26/h13-14,16-17,19-22,24H,4-12,15,18,23H2,1-3H3. The molecule has 2 aromatic carbocycles. The molecular weight excluding hydrogens is 465 g/mol. The SMILES string of the molecule is CCCCCCCCCC(=O)N(CCCCC)C(C)c1nc2ccccc2c(=O)n1-c1ccc(F)cc1. The average Bonchev–Trinajstić information content (AvgIpc) is 2.91. The van der Waals surface area contributed by atoms with Crippen molar-refractivity contribution in [2.75, 3.05) is 6.54 Å². The molecule has 1 heterocycles. The van der Waals surface area contributed by atoms with E-state index in [1.807, 2.05) is 30.0 Å². The van der Waals surface area contributed by atoms with Crippen molar-refractivity contribution in [2.24, 2.45) is 0 Å². The predicted octanol–water partition coefficient (Wildman–Crippen LogP) is 7.75. The first kappa shape index (κ1) is 28.5. The summed E-state index contributed by atoms with van der Waals surface area (Å²) in [7, 11) is 0. The van der Waals surface area contributed by atoms with E-state index < -0.39 is 6.04 Å². The van der Waals surface area contributed by atoms with E-state index in [9.17, 15) is 14.0 Å². The zero-order chi connectivity index (χ0) is 26.6. The van der Waals surface area contributed by atoms with Crippen LogP contribution in [0.1, 0.15) is 103 Å². The van der Waals surface area contributed by atoms with Crippen LogP contribution in [0.5, 0.6) is 0 Å². The van der Waals surface area contributed by atoms with Crippen molar-refractivity contribution in [2.45, 2.75) is 97.4 Å². The highest BCUT2D eigenvalue weighted by Gasteiger charge is 2.26. The minimum Gasteiger partial charge on any atom is -0.333 e. The first-order valence-electron chi connectivity index (χ1n) is 14.0. The smallest absolute Gasteiger partial charge is 0.266 e. The lowest BCUT2D eigenvalue weighted by Crippen LogP contribution is -2.38. The molecule has 200 valence electrons. The summed E-state index contributed by atoms with van der Waals surface area (Å²) in [6, 6.07) is 12.7. The second-order valence-electron chi connectivity index (χ2n) is 9.95. The Balaban J connectivity index is 1.91. The van der Waals surface area contributed by atoms with Gasteiger partial charge in [-0.25, -0.2) is 9.37 Å². The Labute approximate surface area is 220 Å². The highest BCUT2D eigenvalue weighted by Crippen LogP contribution is 2.25. The normalized spacial score (nSPS) is 12.1. The summed E-state index contributed by atoms with van der Waals surface area (Å²) in [5.41, 5.74) is 0.924. The van der Waals surface area contributed by atoms with Crippen molar-refractivity contribution >= 4 is 16.8 Å². The number of nitrogens with zero attached hydrogens (tertiary/aromatic N) is 3. The van der Waals surface area contributed by atoms with E-state index in [-0.39, 0.29) is 17.3 Å². The van der Waals surface area contributed by atoms with Gasteiger partial charge in [0.1, 0.15) is 11.6 Å². The number of carbonyl (C=O) groups is 1. The van der Waals surface area contributed by atoms with Crippen molar-refractivity contribution in [1.29, 1.82) is 0 Å². The van der Waals surface area contributed by atoms with Gasteiger partial charge in [-0.05, 0) is 56.2 Å². The van der Waals surface area contributed by atoms with Gasteiger partial charge in [-0.15, -0.1) is 0 Å². The predicted molar refractivity (Wildman–Crippen MR) is 150 cm³/mol. The Morgan fingerprint density at radius 1 is 0.892 bits per heavy atom. The molecule has 0 bridgehead atoms. The average molecular weight is 508 g/mol. The first-order chi connectivity index (χ1) is 18.0. The van der Waals surface area contributed by atoms with Crippen LogP contribution in [-0.2, 0) is 4.79 Å². The van der Waals surface area contributed by atoms with Crippen LogP contribution in [0.3, 0.4) is 0 Å². The molecule has 0 radical (unpaired) electrons. The molecule has 0 aliphatic heterocycles. The highest BCUT2D eigenvalue weighted by molar-refractivity contribution is 5.79. The molecule has 0 N–H and O–H groups in total. The number of aromatic nitrogens is 2. The van der Waals surface area contributed by atoms with Crippen molar-refractivity contribution < 1.29 is 9.18 Å². The fraction of sp³-hybridized carbons (Fsp3) is 0.516. The lowest BCUT2D eigenvalue weighted by Gasteiger charge is -2.31. The van der Waals surface area contributed by atoms with E-state index in [0.717, 1.165) is 38.5 Å². The monoisotopic (exact) mass is 507 g/mol. The summed E-state index contributed by atoms with van der Waals surface area (Å²) in [5, 5.41) is 0.495. The molecule has 1 aromatic heterocycles. The molecule has 1 atom stereocenters. The van der Waals surface area contributed by atoms with E-state index in [0.29, 0.717) is 35.4 Å². The van der Waals surface area contributed by atoms with E-state index in [1.54, 1.807) is 22.8 Å². The minimum absolute atomic E-state index is 0.102. The number of benzene rings is 2. The second kappa shape index (κ2) is 14.7. The third kappa shape index (κ3) is 7.73. The first-order valence-corrected chi connectivity index (χ1v) is 14.0. The highest BCUT2D eigenvalue weighted by atomic mass is 19.1. The summed E-state index contributed by atoms with van der Waals surface area (Å²) in [6.07, 6.45) is 11.6. The lowest BCUT2D eigenvalue weighted by molar-refractivity contribution is -0.133. The van der Waals surface area contributed by atoms with E-state index in [1.165, 1.54) is 37.8 Å². The van der Waals surface area contributed by atoms with Gasteiger partial charge in [0.15, 0.2) is 0 Å². The zero-order valence-corrected chi connectivity index (χ0v) is 22.7. The fourth-order valence-electron chi connectivity index (χ4n) is 4.85. The van der Waals surface area contributed by atoms with Gasteiger partial charge in [0.05, 0.1) is 22.6 Å². The zero-order valence-electron chi connectivity index (χ0n) is 22.7. The number of carbonyl (C=O) groups excluding carboxylic acids is 1. The number of rotatable bonds is 15. The van der Waals surface area contributed by atoms with Crippen molar-refractivity contribution in [3.63, 3.8) is 0 Å². The minimum atomic E-state index is -0.406. The molecule has 37 heavy (non-hydrogen) atoms. The number of unbranched alkanes of at least 4 members (excludes halogenated alkanes) is 8. The molecule has 0 saturated carbocycles. The Bertz CT molecular complexity index is 1190. The van der Waals surface area contributed by atoms with Crippen molar-refractivity contribution in [1.82, 2.24) is 14.5 Å². The van der Waals surface area contributed by atoms with Crippen LogP contribution in [-0.4, -0.2) is 26.9 Å². The van der Waals surface area contributed by atoms with E-state index >= 15 is 0 Å². The van der Waals surface area contributed by atoms with Gasteiger partial charge in [-0.2, -0.15) is 0 Å². The number of halogens is 1. The van der Waals surface area contributed by atoms with Crippen LogP contribution in [0.25, 0.3) is 16.6 Å². The van der Waals surface area contributed by atoms with Gasteiger partial charge in [-0.1, -0.05) is 77.3 Å². The summed E-state index contributed by atoms with van der Waals surface area (Å²) in [5.74, 6) is 0.233. The Kier molecular flexibility index (Phi) is 11.3. The lowest BCUT2D eigenvalue weighted by atomic mass is 10.1. The summed E-state index contributed by atoms with van der Waals surface area (Å²) < 4.78 is 15.2. The molecule has 0 spiro atoms. The van der Waals surface area contributed by atoms with Gasteiger partial charge in [0, 0.05) is 13.0 Å². The maximum Gasteiger partial charge on any atom is 0.266 e. The summed E-state index contributed by atoms with van der Waals surface area (Å²) >= 11 is 0. The summed E-state index contributed by atoms with van der Waals surface area (Å²) in [4.78, 5) is 33.9. The summed E-state index contributed by atoms with van der Waals surface area (Å²) in [6.45, 7) is 6.93. The molecule has 0 aliphatic carbocycles. The van der Waals surface area contributed by atoms with Gasteiger partial charge in [0.25, 0.3) is 5.56 Å². The van der Waals surface area contributed by atoms with Crippen LogP contribution in [0.15, 0.2) is 53.3 Å². The quantitative estimate of drug-likeness (QED) is 0.198. The third-order valence-electron chi connectivity index (χ3n) is 7.04. The Hall–Kier alpha value is -3.02. The molecule has 3 aromatic rings. The van der Waals surface area contributed by atoms with Crippen molar-refractivity contribution in [3.05, 3.63) is 70.5 Å². The van der Waals surface area contributed by atoms with Gasteiger partial charge in [-0.3, -0.25) is 14.2 Å². The Morgan fingerprint density at radius 3 is 2.22 bits per heavy atom. The van der Waals surface area contributed by atoms with E-state index in [4.69, 9.17) is 4.98 Å². The number of para-hydroxylation sites is 1. The maximum atomic E-state index is 13.7. The molecule has 0 saturated heterocycles. The number of fused-ring (bicyclic) bond motifs is 1. The molecule has 3 rings (SSSR count). The van der Waals surface area contributed by atoms with Crippen LogP contribution < -0.4 is 5.56 Å². The van der Waals surface area contributed by atoms with Crippen LogP contribution in [0.2, 0.25) is 0 Å². The fourth-order valence-corrected chi connectivity index (χ4v) is 4.85. The number of amides is 1. The molecule has 0 aliphatic rings. The maximum absolute atomic E-state index is 13.7. The number of hydrogen-bond acceptors (Lipinski definition) is 3. The van der Waals surface area contributed by atoms with Crippen molar-refractivity contribution in [3.8, 4) is 5.69 Å². The molecular formula is C31H42FN3O2. The van der Waals surface area contributed by atoms with Gasteiger partial charge in [0.2, 0.25) is 5.91 Å². The van der Waals surface area contributed by atoms with Crippen LogP contribution in [0.4, 0.5) is 4.39 Å². The topological polar surface area (TPSA) is 55.2 Å². The van der Waals surface area contributed by atoms with Gasteiger partial charge < -0.3 is 4.90 Å². The largest absolute Gasteiger partial charge is 0.333 e. The molecule has 5 nitrogen and oxygen atoms in total. The van der Waals surface area contributed by atoms with Crippen LogP contribution in [0, 0.1) is 5.82 Å². The molecule has 6 heteroatoms. The molecule has 1 amide bonds. The van der Waals surface area contributed by atoms with E-state index in [2.05, 4.69) is 13.8 Å². The number of hydrogen-bond donors (Lipinski definition) is 0. The molecule has 0 fully saturated rings. The molecule has 1 unspecified atom stereocenters.